The first-order valence-corrected chi connectivity index (χ1v) is 2.57. The van der Waals surface area contributed by atoms with Crippen LogP contribution in [-0.4, -0.2) is 0 Å². The maximum atomic E-state index is 3.11. The zero-order valence-corrected chi connectivity index (χ0v) is 7.32. The number of allylic oxidation sites excluding steroid dienone is 4. The Labute approximate surface area is 64.9 Å². The van der Waals surface area contributed by atoms with Gasteiger partial charge in [-0.3, -0.25) is 6.08 Å². The summed E-state index contributed by atoms with van der Waals surface area (Å²) in [6.45, 7) is 4.27. The fourth-order valence-corrected chi connectivity index (χ4v) is 0.600. The van der Waals surface area contributed by atoms with Crippen molar-refractivity contribution in [3.05, 3.63) is 23.8 Å². The van der Waals surface area contributed by atoms with Crippen LogP contribution in [0.1, 0.15) is 13.8 Å². The molecular formula is C7H9Pt-. The van der Waals surface area contributed by atoms with E-state index < -0.39 is 0 Å². The van der Waals surface area contributed by atoms with E-state index in [1.165, 1.54) is 5.57 Å². The number of hydrogen-bond donors (Lipinski definition) is 0. The molecule has 0 saturated carbocycles. The van der Waals surface area contributed by atoms with Gasteiger partial charge in [-0.1, -0.05) is 19.8 Å². The Hall–Kier alpha value is 0.168. The largest absolute Gasteiger partial charge is 0.253 e. The molecule has 8 heavy (non-hydrogen) atoms. The molecule has 1 aliphatic carbocycles. The van der Waals surface area contributed by atoms with E-state index in [0.29, 0.717) is 5.92 Å². The third-order valence-corrected chi connectivity index (χ3v) is 1.38. The van der Waals surface area contributed by atoms with Crippen LogP contribution >= 0.6 is 0 Å². The first-order valence-electron chi connectivity index (χ1n) is 2.57. The molecule has 1 heteroatoms. The van der Waals surface area contributed by atoms with Crippen molar-refractivity contribution in [3.8, 4) is 0 Å². The van der Waals surface area contributed by atoms with E-state index in [4.69, 9.17) is 0 Å². The van der Waals surface area contributed by atoms with Gasteiger partial charge in [-0.2, -0.15) is 5.57 Å². The predicted molar refractivity (Wildman–Crippen MR) is 30.7 cm³/mol. The molecule has 0 heterocycles. The Morgan fingerprint density at radius 2 is 2.25 bits per heavy atom. The summed E-state index contributed by atoms with van der Waals surface area (Å²) in [6.07, 6.45) is 7.24. The zero-order chi connectivity index (χ0) is 5.28. The summed E-state index contributed by atoms with van der Waals surface area (Å²) in [5.74, 6) is 0.639. The molecule has 0 aromatic heterocycles. The van der Waals surface area contributed by atoms with Gasteiger partial charge in [-0.25, -0.2) is 12.2 Å². The van der Waals surface area contributed by atoms with Crippen LogP contribution in [0, 0.1) is 12.0 Å². The topological polar surface area (TPSA) is 0 Å². The summed E-state index contributed by atoms with van der Waals surface area (Å²) in [5, 5.41) is 0. The van der Waals surface area contributed by atoms with E-state index in [1.807, 2.05) is 6.08 Å². The second-order valence-electron chi connectivity index (χ2n) is 1.98. The molecule has 0 nitrogen and oxygen atoms in total. The fourth-order valence-electron chi connectivity index (χ4n) is 0.600. The normalized spacial score (nSPS) is 24.8. The Morgan fingerprint density at radius 1 is 1.62 bits per heavy atom. The molecule has 0 fully saturated rings. The molecule has 0 bridgehead atoms. The van der Waals surface area contributed by atoms with Gasteiger partial charge in [0.2, 0.25) is 0 Å². The minimum Gasteiger partial charge on any atom is -0.253 e. The fraction of sp³-hybridized carbons (Fsp3) is 0.429. The second kappa shape index (κ2) is 3.24. The molecule has 48 valence electrons. The molecule has 0 aromatic rings. The van der Waals surface area contributed by atoms with Crippen molar-refractivity contribution in [2.45, 2.75) is 13.8 Å². The van der Waals surface area contributed by atoms with Crippen LogP contribution in [0.4, 0.5) is 0 Å². The zero-order valence-electron chi connectivity index (χ0n) is 5.05. The van der Waals surface area contributed by atoms with Gasteiger partial charge in [0.25, 0.3) is 0 Å². The maximum Gasteiger partial charge on any atom is 0 e. The molecule has 1 unspecified atom stereocenters. The summed E-state index contributed by atoms with van der Waals surface area (Å²) in [7, 11) is 0. The van der Waals surface area contributed by atoms with E-state index in [-0.39, 0.29) is 21.1 Å². The standard InChI is InChI=1S/C7H9.Pt/c1-6-4-3-5-7(6)2;/h3-4,6H,1-2H3;/q-1;. The molecular weight excluding hydrogens is 279 g/mol. The Kier molecular flexibility index (Phi) is 3.31. The molecule has 0 saturated heterocycles. The van der Waals surface area contributed by atoms with Crippen molar-refractivity contribution >= 4 is 0 Å². The summed E-state index contributed by atoms with van der Waals surface area (Å²) in [5.41, 5.74) is 1.35. The maximum absolute atomic E-state index is 3.11. The van der Waals surface area contributed by atoms with Crippen LogP contribution in [0.5, 0.6) is 0 Å². The average Bonchev–Trinajstić information content (AvgIpc) is 1.91. The van der Waals surface area contributed by atoms with Gasteiger partial charge in [0.15, 0.2) is 0 Å². The quantitative estimate of drug-likeness (QED) is 0.598. The van der Waals surface area contributed by atoms with E-state index >= 15 is 0 Å². The Bertz CT molecular complexity index is 122. The third kappa shape index (κ3) is 1.59. The van der Waals surface area contributed by atoms with Crippen molar-refractivity contribution in [2.75, 3.05) is 0 Å². The van der Waals surface area contributed by atoms with Gasteiger partial charge >= 0.3 is 0 Å². The van der Waals surface area contributed by atoms with Crippen LogP contribution < -0.4 is 0 Å². The van der Waals surface area contributed by atoms with E-state index in [1.54, 1.807) is 0 Å². The molecule has 0 N–H and O–H groups in total. The summed E-state index contributed by atoms with van der Waals surface area (Å²) >= 11 is 0. The van der Waals surface area contributed by atoms with E-state index in [0.717, 1.165) is 0 Å². The Morgan fingerprint density at radius 3 is 2.38 bits per heavy atom. The monoisotopic (exact) mass is 288 g/mol. The van der Waals surface area contributed by atoms with Crippen LogP contribution in [-0.2, 0) is 21.1 Å². The van der Waals surface area contributed by atoms with Crippen LogP contribution in [0.15, 0.2) is 17.7 Å². The molecule has 0 spiro atoms. The predicted octanol–water partition coefficient (Wildman–Crippen LogP) is 1.94. The minimum atomic E-state index is 0. The summed E-state index contributed by atoms with van der Waals surface area (Å²) in [4.78, 5) is 0. The first kappa shape index (κ1) is 8.17. The Balaban J connectivity index is 0.000000490. The molecule has 1 atom stereocenters. The van der Waals surface area contributed by atoms with Crippen molar-refractivity contribution < 1.29 is 21.1 Å². The van der Waals surface area contributed by atoms with E-state index in [2.05, 4.69) is 26.0 Å². The van der Waals surface area contributed by atoms with Crippen LogP contribution in [0.25, 0.3) is 0 Å². The van der Waals surface area contributed by atoms with Crippen molar-refractivity contribution in [2.24, 2.45) is 5.92 Å². The van der Waals surface area contributed by atoms with Gasteiger partial charge in [0.05, 0.1) is 0 Å². The van der Waals surface area contributed by atoms with Crippen molar-refractivity contribution in [3.63, 3.8) is 0 Å². The third-order valence-electron chi connectivity index (χ3n) is 1.38. The molecule has 0 amide bonds. The number of rotatable bonds is 0. The molecule has 0 aliphatic heterocycles. The molecule has 1 rings (SSSR count). The molecule has 1 aliphatic rings. The van der Waals surface area contributed by atoms with E-state index in [9.17, 15) is 0 Å². The van der Waals surface area contributed by atoms with Gasteiger partial charge < -0.3 is 0 Å². The van der Waals surface area contributed by atoms with Gasteiger partial charge in [0, 0.05) is 21.1 Å². The van der Waals surface area contributed by atoms with Gasteiger partial charge in [0.1, 0.15) is 0 Å². The molecule has 0 aromatic carbocycles. The van der Waals surface area contributed by atoms with Gasteiger partial charge in [-0.15, -0.1) is 0 Å². The van der Waals surface area contributed by atoms with Gasteiger partial charge in [-0.05, 0) is 0 Å². The number of hydrogen-bond acceptors (Lipinski definition) is 0. The van der Waals surface area contributed by atoms with Crippen molar-refractivity contribution in [1.29, 1.82) is 0 Å². The first-order chi connectivity index (χ1) is 3.30. The van der Waals surface area contributed by atoms with Crippen molar-refractivity contribution in [1.82, 2.24) is 0 Å². The minimum absolute atomic E-state index is 0. The SMILES string of the molecule is CC1=[C-]C=CC1C.[Pt]. The van der Waals surface area contributed by atoms with Crippen LogP contribution in [0.3, 0.4) is 0 Å². The smallest absolute Gasteiger partial charge is 0 e. The second-order valence-corrected chi connectivity index (χ2v) is 1.98. The molecule has 0 radical (unpaired) electrons. The average molecular weight is 288 g/mol. The summed E-state index contributed by atoms with van der Waals surface area (Å²) < 4.78 is 0. The summed E-state index contributed by atoms with van der Waals surface area (Å²) in [6, 6.07) is 0. The van der Waals surface area contributed by atoms with Crippen LogP contribution in [0.2, 0.25) is 0 Å².